The molecule has 0 atom stereocenters. The van der Waals surface area contributed by atoms with Gasteiger partial charge in [-0.2, -0.15) is 0 Å². The van der Waals surface area contributed by atoms with E-state index in [1.165, 1.54) is 12.4 Å². The molecule has 84 valence electrons. The smallest absolute Gasteiger partial charge is 0.252 e. The Balaban J connectivity index is 2.12. The van der Waals surface area contributed by atoms with Crippen LogP contribution in [0, 0.1) is 0 Å². The third kappa shape index (κ3) is 5.17. The van der Waals surface area contributed by atoms with Crippen LogP contribution in [0.4, 0.5) is 5.82 Å². The Kier molecular flexibility index (Phi) is 5.47. The van der Waals surface area contributed by atoms with Gasteiger partial charge in [0.15, 0.2) is 0 Å². The highest BCUT2D eigenvalue weighted by atomic mass is 16.5. The molecule has 0 unspecified atom stereocenters. The van der Waals surface area contributed by atoms with E-state index in [9.17, 15) is 4.79 Å². The summed E-state index contributed by atoms with van der Waals surface area (Å²) in [6.45, 7) is 4.22. The first-order chi connectivity index (χ1) is 7.33. The second-order valence-electron chi connectivity index (χ2n) is 3.19. The minimum atomic E-state index is -0.153. The Labute approximate surface area is 88.9 Å². The Bertz CT molecular complexity index is 324. The summed E-state index contributed by atoms with van der Waals surface area (Å²) in [6.07, 6.45) is 3.61. The molecule has 0 saturated heterocycles. The van der Waals surface area contributed by atoms with Gasteiger partial charge in [-0.3, -0.25) is 4.79 Å². The zero-order valence-electron chi connectivity index (χ0n) is 8.95. The summed E-state index contributed by atoms with van der Waals surface area (Å²) in [5, 5.41) is 3.01. The number of aromatic amines is 1. The van der Waals surface area contributed by atoms with Crippen molar-refractivity contribution >= 4 is 5.82 Å². The second-order valence-corrected chi connectivity index (χ2v) is 3.19. The summed E-state index contributed by atoms with van der Waals surface area (Å²) >= 11 is 0. The van der Waals surface area contributed by atoms with E-state index in [2.05, 4.69) is 22.2 Å². The molecular formula is C10H17N3O2. The van der Waals surface area contributed by atoms with Gasteiger partial charge in [0.05, 0.1) is 12.9 Å². The number of hydrogen-bond acceptors (Lipinski definition) is 4. The number of anilines is 1. The fourth-order valence-corrected chi connectivity index (χ4v) is 1.06. The average Bonchev–Trinajstić information content (AvgIpc) is 2.23. The molecule has 2 N–H and O–H groups in total. The first-order valence-electron chi connectivity index (χ1n) is 5.19. The molecule has 0 aliphatic rings. The molecule has 1 rings (SSSR count). The molecule has 5 nitrogen and oxygen atoms in total. The molecule has 1 heterocycles. The molecule has 0 spiro atoms. The molecule has 1 aromatic heterocycles. The minimum absolute atomic E-state index is 0.153. The maximum Gasteiger partial charge on any atom is 0.252 e. The summed E-state index contributed by atoms with van der Waals surface area (Å²) in [6, 6.07) is 1.42. The summed E-state index contributed by atoms with van der Waals surface area (Å²) in [7, 11) is 0. The number of unbranched alkanes of at least 4 members (excludes halogenated alkanes) is 1. The van der Waals surface area contributed by atoms with Crippen LogP contribution < -0.4 is 10.9 Å². The molecule has 0 aliphatic carbocycles. The van der Waals surface area contributed by atoms with E-state index in [1.807, 2.05) is 0 Å². The predicted octanol–water partition coefficient (Wildman–Crippen LogP) is 0.998. The van der Waals surface area contributed by atoms with Crippen LogP contribution in [0.2, 0.25) is 0 Å². The van der Waals surface area contributed by atoms with E-state index < -0.39 is 0 Å². The zero-order chi connectivity index (χ0) is 10.9. The van der Waals surface area contributed by atoms with E-state index >= 15 is 0 Å². The third-order valence-corrected chi connectivity index (χ3v) is 1.87. The van der Waals surface area contributed by atoms with Gasteiger partial charge < -0.3 is 15.0 Å². The average molecular weight is 211 g/mol. The highest BCUT2D eigenvalue weighted by Crippen LogP contribution is 1.93. The number of nitrogens with one attached hydrogen (secondary N) is 2. The molecule has 0 aliphatic heterocycles. The van der Waals surface area contributed by atoms with E-state index in [1.54, 1.807) is 0 Å². The van der Waals surface area contributed by atoms with Crippen molar-refractivity contribution in [2.24, 2.45) is 0 Å². The summed E-state index contributed by atoms with van der Waals surface area (Å²) in [5.74, 6) is 0.581. The van der Waals surface area contributed by atoms with E-state index in [0.29, 0.717) is 19.0 Å². The lowest BCUT2D eigenvalue weighted by atomic mass is 10.4. The van der Waals surface area contributed by atoms with E-state index in [4.69, 9.17) is 4.74 Å². The number of hydrogen-bond donors (Lipinski definition) is 2. The molecule has 1 aromatic rings. The van der Waals surface area contributed by atoms with Gasteiger partial charge in [0, 0.05) is 19.2 Å². The molecule has 0 aromatic carbocycles. The molecule has 5 heteroatoms. The third-order valence-electron chi connectivity index (χ3n) is 1.87. The Morgan fingerprint density at radius 3 is 3.13 bits per heavy atom. The number of aromatic nitrogens is 2. The van der Waals surface area contributed by atoms with Crippen molar-refractivity contribution in [3.05, 3.63) is 22.7 Å². The molecule has 0 saturated carbocycles. The number of H-pyrrole nitrogens is 1. The maximum atomic E-state index is 10.9. The normalized spacial score (nSPS) is 10.2. The minimum Gasteiger partial charge on any atom is -0.380 e. The monoisotopic (exact) mass is 211 g/mol. The molecule has 0 radical (unpaired) electrons. The van der Waals surface area contributed by atoms with Gasteiger partial charge in [-0.1, -0.05) is 13.3 Å². The zero-order valence-corrected chi connectivity index (χ0v) is 8.95. The predicted molar refractivity (Wildman–Crippen MR) is 59.1 cm³/mol. The van der Waals surface area contributed by atoms with Crippen LogP contribution in [-0.4, -0.2) is 29.7 Å². The van der Waals surface area contributed by atoms with Gasteiger partial charge in [0.1, 0.15) is 5.82 Å². The number of nitrogens with zero attached hydrogens (tertiary/aromatic N) is 1. The van der Waals surface area contributed by atoms with Gasteiger partial charge in [0.25, 0.3) is 5.56 Å². The maximum absolute atomic E-state index is 10.9. The van der Waals surface area contributed by atoms with Gasteiger partial charge in [-0.05, 0) is 6.42 Å². The molecule has 0 bridgehead atoms. The van der Waals surface area contributed by atoms with Crippen LogP contribution >= 0.6 is 0 Å². The van der Waals surface area contributed by atoms with Crippen molar-refractivity contribution in [2.75, 3.05) is 25.1 Å². The summed E-state index contributed by atoms with van der Waals surface area (Å²) < 4.78 is 5.35. The van der Waals surface area contributed by atoms with Crippen LogP contribution in [0.5, 0.6) is 0 Å². The summed E-state index contributed by atoms with van der Waals surface area (Å²) in [5.41, 5.74) is -0.153. The standard InChI is InChI=1S/C10H17N3O2/c1-2-3-5-15-6-4-11-9-7-10(14)13-8-12-9/h7-8H,2-6H2,1H3,(H2,11,12,13,14). The van der Waals surface area contributed by atoms with E-state index in [-0.39, 0.29) is 5.56 Å². The first-order valence-corrected chi connectivity index (χ1v) is 5.19. The fraction of sp³-hybridized carbons (Fsp3) is 0.600. The SMILES string of the molecule is CCCCOCCNc1cc(=O)[nH]cn1. The van der Waals surface area contributed by atoms with Crippen LogP contribution in [0.15, 0.2) is 17.2 Å². The highest BCUT2D eigenvalue weighted by Gasteiger charge is 1.93. The lowest BCUT2D eigenvalue weighted by Gasteiger charge is -2.05. The molecule has 0 fully saturated rings. The van der Waals surface area contributed by atoms with Gasteiger partial charge in [-0.25, -0.2) is 4.98 Å². The summed E-state index contributed by atoms with van der Waals surface area (Å²) in [4.78, 5) is 17.3. The second kappa shape index (κ2) is 7.00. The van der Waals surface area contributed by atoms with Gasteiger partial charge in [-0.15, -0.1) is 0 Å². The van der Waals surface area contributed by atoms with Crippen molar-refractivity contribution in [1.29, 1.82) is 0 Å². The quantitative estimate of drug-likeness (QED) is 0.660. The van der Waals surface area contributed by atoms with Crippen LogP contribution in [-0.2, 0) is 4.74 Å². The Morgan fingerprint density at radius 1 is 1.53 bits per heavy atom. The fourth-order valence-electron chi connectivity index (χ4n) is 1.06. The van der Waals surface area contributed by atoms with Crippen LogP contribution in [0.3, 0.4) is 0 Å². The highest BCUT2D eigenvalue weighted by molar-refractivity contribution is 5.31. The Morgan fingerprint density at radius 2 is 2.40 bits per heavy atom. The van der Waals surface area contributed by atoms with Crippen molar-refractivity contribution in [2.45, 2.75) is 19.8 Å². The lowest BCUT2D eigenvalue weighted by molar-refractivity contribution is 0.141. The van der Waals surface area contributed by atoms with E-state index in [0.717, 1.165) is 19.4 Å². The number of ether oxygens (including phenoxy) is 1. The molecule has 0 amide bonds. The lowest BCUT2D eigenvalue weighted by Crippen LogP contribution is -2.13. The topological polar surface area (TPSA) is 67.0 Å². The van der Waals surface area contributed by atoms with Crippen LogP contribution in [0.25, 0.3) is 0 Å². The Hall–Kier alpha value is -1.36. The molecule has 15 heavy (non-hydrogen) atoms. The van der Waals surface area contributed by atoms with Gasteiger partial charge >= 0.3 is 0 Å². The first kappa shape index (κ1) is 11.7. The molecular weight excluding hydrogens is 194 g/mol. The van der Waals surface area contributed by atoms with Crippen LogP contribution in [0.1, 0.15) is 19.8 Å². The van der Waals surface area contributed by atoms with Crippen molar-refractivity contribution in [3.8, 4) is 0 Å². The van der Waals surface area contributed by atoms with Crippen molar-refractivity contribution in [3.63, 3.8) is 0 Å². The largest absolute Gasteiger partial charge is 0.380 e. The number of rotatable bonds is 7. The van der Waals surface area contributed by atoms with Crippen molar-refractivity contribution in [1.82, 2.24) is 9.97 Å². The van der Waals surface area contributed by atoms with Crippen molar-refractivity contribution < 1.29 is 4.74 Å². The van der Waals surface area contributed by atoms with Gasteiger partial charge in [0.2, 0.25) is 0 Å².